The maximum absolute atomic E-state index is 12.1. The number of Topliss-reactive ketones (excluding diaryl/α,β-unsaturated/α-hetero) is 1. The number of rotatable bonds is 8. The molecule has 1 saturated heterocycles. The van der Waals surface area contributed by atoms with E-state index in [9.17, 15) is 13.2 Å². The number of ether oxygens (including phenoxy) is 1. The number of sulfonamides is 1. The first-order valence-corrected chi connectivity index (χ1v) is 12.7. The van der Waals surface area contributed by atoms with Gasteiger partial charge in [0, 0.05) is 43.8 Å². The lowest BCUT2D eigenvalue weighted by atomic mass is 9.98. The van der Waals surface area contributed by atoms with E-state index >= 15 is 0 Å². The van der Waals surface area contributed by atoms with Gasteiger partial charge in [-0.25, -0.2) is 13.4 Å². The normalized spacial score (nSPS) is 19.5. The van der Waals surface area contributed by atoms with Gasteiger partial charge in [0.1, 0.15) is 17.4 Å². The van der Waals surface area contributed by atoms with E-state index < -0.39 is 10.0 Å². The monoisotopic (exact) mass is 472 g/mol. The minimum absolute atomic E-state index is 0.00122. The van der Waals surface area contributed by atoms with E-state index in [0.29, 0.717) is 41.9 Å². The van der Waals surface area contributed by atoms with Crippen LogP contribution < -0.4 is 15.4 Å². The maximum atomic E-state index is 12.1. The Hall–Kier alpha value is -2.98. The molecule has 1 aromatic carbocycles. The van der Waals surface area contributed by atoms with E-state index in [-0.39, 0.29) is 29.9 Å². The van der Waals surface area contributed by atoms with Crippen molar-refractivity contribution in [3.63, 3.8) is 0 Å². The number of aromatic nitrogens is 1. The number of nitrogens with zero attached hydrogens (tertiary/aromatic N) is 3. The first kappa shape index (κ1) is 23.2. The van der Waals surface area contributed by atoms with Gasteiger partial charge < -0.3 is 20.5 Å². The van der Waals surface area contributed by atoms with E-state index in [4.69, 9.17) is 15.6 Å². The molecule has 4 rings (SSSR count). The highest BCUT2D eigenvalue weighted by Crippen LogP contribution is 2.29. The molecule has 1 atom stereocenters. The molecule has 9 nitrogen and oxygen atoms in total. The fourth-order valence-corrected chi connectivity index (χ4v) is 5.36. The van der Waals surface area contributed by atoms with Crippen LogP contribution in [0.25, 0.3) is 0 Å². The van der Waals surface area contributed by atoms with Gasteiger partial charge in [0.2, 0.25) is 0 Å². The number of carbonyl (C=O) groups excluding carboxylic acids is 1. The second-order valence-electron chi connectivity index (χ2n) is 8.41. The zero-order valence-electron chi connectivity index (χ0n) is 18.3. The van der Waals surface area contributed by atoms with Crippen LogP contribution in [0.5, 0.6) is 5.75 Å². The lowest BCUT2D eigenvalue weighted by Gasteiger charge is -2.33. The van der Waals surface area contributed by atoms with Crippen LogP contribution >= 0.6 is 0 Å². The van der Waals surface area contributed by atoms with Gasteiger partial charge >= 0.3 is 0 Å². The predicted octanol–water partition coefficient (Wildman–Crippen LogP) is 1.88. The number of carbonyl (C=O) groups is 1. The fourth-order valence-electron chi connectivity index (χ4n) is 4.27. The molecule has 2 aliphatic heterocycles. The number of aliphatic hydroxyl groups is 1. The molecule has 0 saturated carbocycles. The van der Waals surface area contributed by atoms with Gasteiger partial charge in [-0.2, -0.15) is 0 Å². The lowest BCUT2D eigenvalue weighted by molar-refractivity contribution is 0.0971. The van der Waals surface area contributed by atoms with Crippen LogP contribution in [0.1, 0.15) is 47.2 Å². The summed E-state index contributed by atoms with van der Waals surface area (Å²) in [6, 6.07) is 8.93. The van der Waals surface area contributed by atoms with Crippen molar-refractivity contribution in [1.82, 2.24) is 4.98 Å². The van der Waals surface area contributed by atoms with E-state index in [2.05, 4.69) is 14.3 Å². The Kier molecular flexibility index (Phi) is 6.94. The van der Waals surface area contributed by atoms with E-state index in [1.165, 1.54) is 0 Å². The summed E-state index contributed by atoms with van der Waals surface area (Å²) in [5, 5.41) is 8.89. The summed E-state index contributed by atoms with van der Waals surface area (Å²) in [6.45, 7) is 2.10. The summed E-state index contributed by atoms with van der Waals surface area (Å²) < 4.78 is 33.5. The molecule has 0 spiro atoms. The molecule has 33 heavy (non-hydrogen) atoms. The van der Waals surface area contributed by atoms with Crippen LogP contribution in [0, 0.1) is 5.92 Å². The molecular weight excluding hydrogens is 444 g/mol. The fraction of sp³-hybridized carbons (Fsp3) is 0.435. The molecule has 0 amide bonds. The van der Waals surface area contributed by atoms with Crippen LogP contribution in [0.2, 0.25) is 0 Å². The van der Waals surface area contributed by atoms with Gasteiger partial charge in [-0.1, -0.05) is 12.1 Å². The van der Waals surface area contributed by atoms with E-state index in [1.807, 2.05) is 6.07 Å². The summed E-state index contributed by atoms with van der Waals surface area (Å²) in [4.78, 5) is 18.8. The molecule has 0 aliphatic carbocycles. The molecule has 3 heterocycles. The Morgan fingerprint density at radius 3 is 2.88 bits per heavy atom. The van der Waals surface area contributed by atoms with Gasteiger partial charge in [0.15, 0.2) is 5.78 Å². The molecule has 1 aromatic heterocycles. The van der Waals surface area contributed by atoms with Crippen LogP contribution in [0.4, 0.5) is 5.82 Å². The van der Waals surface area contributed by atoms with E-state index in [0.717, 1.165) is 31.7 Å². The molecular formula is C23H28N4O5S. The second kappa shape index (κ2) is 9.88. The average Bonchev–Trinajstić information content (AvgIpc) is 2.80. The molecule has 2 aromatic rings. The average molecular weight is 473 g/mol. The van der Waals surface area contributed by atoms with Crippen LogP contribution in [0.15, 0.2) is 40.9 Å². The highest BCUT2D eigenvalue weighted by molar-refractivity contribution is 7.89. The summed E-state index contributed by atoms with van der Waals surface area (Å²) in [6.07, 6.45) is 4.35. The first-order chi connectivity index (χ1) is 15.9. The van der Waals surface area contributed by atoms with Crippen molar-refractivity contribution in [3.8, 4) is 5.75 Å². The summed E-state index contributed by atoms with van der Waals surface area (Å²) in [7, 11) is -3.59. The largest absolute Gasteiger partial charge is 0.492 e. The van der Waals surface area contributed by atoms with Crippen molar-refractivity contribution < 1.29 is 23.1 Å². The number of ketones is 1. The number of nitrogens with two attached hydrogens (primary N) is 1. The third-order valence-electron chi connectivity index (χ3n) is 5.89. The molecule has 3 N–H and O–H groups in total. The molecule has 10 heteroatoms. The third-order valence-corrected chi connectivity index (χ3v) is 7.04. The highest BCUT2D eigenvalue weighted by atomic mass is 32.2. The van der Waals surface area contributed by atoms with Crippen molar-refractivity contribution >= 4 is 27.5 Å². The predicted molar refractivity (Wildman–Crippen MR) is 125 cm³/mol. The van der Waals surface area contributed by atoms with Crippen molar-refractivity contribution in [1.29, 1.82) is 0 Å². The lowest BCUT2D eigenvalue weighted by Crippen LogP contribution is -2.38. The smallest absolute Gasteiger partial charge is 0.259 e. The SMILES string of the molecule is NC1=NS(=O)(=O)Cc2cccc(OC[C@H]3CCCN(c4ccc(C(=O)CCCO)cn4)C3)c21. The quantitative estimate of drug-likeness (QED) is 0.556. The standard InChI is InChI=1S/C23H28N4O5S/c24-23-22-18(15-33(30,31)26-23)5-1-7-20(22)32-14-16-4-2-10-27(13-16)21-9-8-17(12-25-21)19(29)6-3-11-28/h1,5,7-9,12,16,28H,2-4,6,10-11,13-15H2,(H2,24,26)/t16-/m0/s1. The van der Waals surface area contributed by atoms with Gasteiger partial charge in [0.05, 0.1) is 17.9 Å². The Morgan fingerprint density at radius 2 is 2.12 bits per heavy atom. The zero-order chi connectivity index (χ0) is 23.4. The second-order valence-corrected chi connectivity index (χ2v) is 10.0. The maximum Gasteiger partial charge on any atom is 0.259 e. The van der Waals surface area contributed by atoms with Crippen molar-refractivity contribution in [2.45, 2.75) is 31.4 Å². The number of piperidine rings is 1. The number of anilines is 1. The first-order valence-electron chi connectivity index (χ1n) is 11.0. The van der Waals surface area contributed by atoms with Crippen LogP contribution in [0.3, 0.4) is 0 Å². The zero-order valence-corrected chi connectivity index (χ0v) is 19.1. The summed E-state index contributed by atoms with van der Waals surface area (Å²) >= 11 is 0. The number of hydrogen-bond acceptors (Lipinski definition) is 8. The number of fused-ring (bicyclic) bond motifs is 1. The Morgan fingerprint density at radius 1 is 1.27 bits per heavy atom. The Labute approximate surface area is 193 Å². The van der Waals surface area contributed by atoms with Crippen molar-refractivity contribution in [2.75, 3.05) is 31.2 Å². The highest BCUT2D eigenvalue weighted by Gasteiger charge is 2.26. The van der Waals surface area contributed by atoms with Gasteiger partial charge in [-0.3, -0.25) is 4.79 Å². The molecule has 176 valence electrons. The summed E-state index contributed by atoms with van der Waals surface area (Å²) in [5.41, 5.74) is 7.64. The van der Waals surface area contributed by atoms with Crippen LogP contribution in [-0.4, -0.2) is 56.4 Å². The van der Waals surface area contributed by atoms with Crippen molar-refractivity contribution in [2.24, 2.45) is 16.0 Å². The minimum Gasteiger partial charge on any atom is -0.492 e. The number of benzene rings is 1. The van der Waals surface area contributed by atoms with Gasteiger partial charge in [-0.15, -0.1) is 4.40 Å². The number of pyridine rings is 1. The minimum atomic E-state index is -3.59. The molecule has 2 aliphatic rings. The molecule has 0 bridgehead atoms. The third kappa shape index (κ3) is 5.51. The van der Waals surface area contributed by atoms with Gasteiger partial charge in [-0.05, 0) is 43.0 Å². The number of aliphatic hydroxyl groups excluding tert-OH is 1. The molecule has 0 unspecified atom stereocenters. The molecule has 1 fully saturated rings. The Bertz CT molecular complexity index is 1150. The topological polar surface area (TPSA) is 135 Å². The number of amidine groups is 1. The molecule has 0 radical (unpaired) electrons. The number of hydrogen-bond donors (Lipinski definition) is 2. The van der Waals surface area contributed by atoms with Crippen LogP contribution in [-0.2, 0) is 15.8 Å². The van der Waals surface area contributed by atoms with E-state index in [1.54, 1.807) is 30.5 Å². The Balaban J connectivity index is 1.39. The van der Waals surface area contributed by atoms with Crippen molar-refractivity contribution in [3.05, 3.63) is 53.2 Å². The van der Waals surface area contributed by atoms with Gasteiger partial charge in [0.25, 0.3) is 10.0 Å². The summed E-state index contributed by atoms with van der Waals surface area (Å²) in [5.74, 6) is 1.39.